The van der Waals surface area contributed by atoms with E-state index in [-0.39, 0.29) is 11.9 Å². The van der Waals surface area contributed by atoms with Gasteiger partial charge in [0.05, 0.1) is 13.2 Å². The Morgan fingerprint density at radius 1 is 1.15 bits per heavy atom. The quantitative estimate of drug-likeness (QED) is 0.893. The first-order valence-electron chi connectivity index (χ1n) is 6.79. The molecule has 1 atom stereocenters. The lowest BCUT2D eigenvalue weighted by atomic mass is 9.96. The molecule has 0 heterocycles. The van der Waals surface area contributed by atoms with Gasteiger partial charge in [-0.25, -0.2) is 4.39 Å². The van der Waals surface area contributed by atoms with Crippen molar-refractivity contribution < 1.29 is 9.13 Å². The third-order valence-corrected chi connectivity index (χ3v) is 3.31. The number of rotatable bonds is 5. The summed E-state index contributed by atoms with van der Waals surface area (Å²) in [6.07, 6.45) is 0. The highest BCUT2D eigenvalue weighted by Crippen LogP contribution is 2.30. The van der Waals surface area contributed by atoms with Crippen molar-refractivity contribution in [1.29, 1.82) is 0 Å². The number of aryl methyl sites for hydroxylation is 1. The van der Waals surface area contributed by atoms with Gasteiger partial charge >= 0.3 is 0 Å². The highest BCUT2D eigenvalue weighted by atomic mass is 19.1. The summed E-state index contributed by atoms with van der Waals surface area (Å²) in [6, 6.07) is 12.7. The van der Waals surface area contributed by atoms with Crippen LogP contribution in [0.1, 0.15) is 29.7 Å². The summed E-state index contributed by atoms with van der Waals surface area (Å²) < 4.78 is 18.6. The van der Waals surface area contributed by atoms with E-state index in [9.17, 15) is 4.39 Å². The van der Waals surface area contributed by atoms with E-state index < -0.39 is 0 Å². The van der Waals surface area contributed by atoms with Gasteiger partial charge in [-0.3, -0.25) is 0 Å². The zero-order valence-corrected chi connectivity index (χ0v) is 12.1. The van der Waals surface area contributed by atoms with Gasteiger partial charge in [0, 0.05) is 5.56 Å². The van der Waals surface area contributed by atoms with Crippen LogP contribution in [0.25, 0.3) is 0 Å². The van der Waals surface area contributed by atoms with Crippen LogP contribution in [0, 0.1) is 12.7 Å². The van der Waals surface area contributed by atoms with Gasteiger partial charge in [-0.2, -0.15) is 0 Å². The Hall–Kier alpha value is -1.87. The second kappa shape index (κ2) is 6.53. The third kappa shape index (κ3) is 3.17. The van der Waals surface area contributed by atoms with E-state index in [0.29, 0.717) is 0 Å². The summed E-state index contributed by atoms with van der Waals surface area (Å²) in [7, 11) is 1.67. The average Bonchev–Trinajstić information content (AvgIpc) is 2.46. The minimum atomic E-state index is -0.222. The van der Waals surface area contributed by atoms with Gasteiger partial charge in [0.2, 0.25) is 0 Å². The van der Waals surface area contributed by atoms with Crippen molar-refractivity contribution in [2.45, 2.75) is 19.9 Å². The Balaban J connectivity index is 2.45. The van der Waals surface area contributed by atoms with Crippen LogP contribution in [0.4, 0.5) is 4.39 Å². The van der Waals surface area contributed by atoms with Gasteiger partial charge in [-0.15, -0.1) is 0 Å². The van der Waals surface area contributed by atoms with Crippen molar-refractivity contribution in [2.75, 3.05) is 13.7 Å². The Kier molecular flexibility index (Phi) is 4.74. The second-order valence-electron chi connectivity index (χ2n) is 4.79. The van der Waals surface area contributed by atoms with E-state index in [1.165, 1.54) is 12.1 Å². The van der Waals surface area contributed by atoms with Crippen molar-refractivity contribution in [3.8, 4) is 5.75 Å². The molecule has 0 saturated carbocycles. The van der Waals surface area contributed by atoms with Crippen LogP contribution in [-0.4, -0.2) is 13.7 Å². The number of hydrogen-bond acceptors (Lipinski definition) is 2. The number of ether oxygens (including phenoxy) is 1. The minimum Gasteiger partial charge on any atom is -0.496 e. The molecule has 0 aliphatic heterocycles. The van der Waals surface area contributed by atoms with Gasteiger partial charge in [-0.1, -0.05) is 31.2 Å². The number of benzene rings is 2. The van der Waals surface area contributed by atoms with Crippen LogP contribution in [0.3, 0.4) is 0 Å². The first-order valence-corrected chi connectivity index (χ1v) is 6.79. The van der Waals surface area contributed by atoms with Gasteiger partial charge in [0.15, 0.2) is 0 Å². The molecule has 0 aromatic heterocycles. The zero-order chi connectivity index (χ0) is 14.5. The summed E-state index contributed by atoms with van der Waals surface area (Å²) in [6.45, 7) is 4.91. The summed E-state index contributed by atoms with van der Waals surface area (Å²) in [4.78, 5) is 0. The first kappa shape index (κ1) is 14.5. The normalized spacial score (nSPS) is 12.2. The molecule has 0 radical (unpaired) electrons. The average molecular weight is 273 g/mol. The van der Waals surface area contributed by atoms with Crippen LogP contribution in [0.15, 0.2) is 42.5 Å². The summed E-state index contributed by atoms with van der Waals surface area (Å²) in [5.74, 6) is 0.625. The smallest absolute Gasteiger partial charge is 0.124 e. The number of halogens is 1. The highest BCUT2D eigenvalue weighted by Gasteiger charge is 2.17. The molecule has 0 aliphatic rings. The molecular weight excluding hydrogens is 253 g/mol. The fourth-order valence-electron chi connectivity index (χ4n) is 2.32. The second-order valence-corrected chi connectivity index (χ2v) is 4.79. The third-order valence-electron chi connectivity index (χ3n) is 3.31. The van der Waals surface area contributed by atoms with Crippen LogP contribution in [0.2, 0.25) is 0 Å². The van der Waals surface area contributed by atoms with E-state index in [4.69, 9.17) is 4.74 Å². The van der Waals surface area contributed by atoms with Crippen molar-refractivity contribution in [3.05, 3.63) is 65.0 Å². The molecular formula is C17H20FNO. The summed E-state index contributed by atoms with van der Waals surface area (Å²) in [5, 5.41) is 3.43. The van der Waals surface area contributed by atoms with Crippen LogP contribution in [-0.2, 0) is 0 Å². The predicted octanol–water partition coefficient (Wildman–Crippen LogP) is 3.84. The molecule has 0 bridgehead atoms. The lowest BCUT2D eigenvalue weighted by Gasteiger charge is -2.21. The van der Waals surface area contributed by atoms with Crippen LogP contribution in [0.5, 0.6) is 5.75 Å². The molecule has 0 aliphatic carbocycles. The van der Waals surface area contributed by atoms with Crippen molar-refractivity contribution >= 4 is 0 Å². The maximum absolute atomic E-state index is 13.1. The number of methoxy groups -OCH3 is 1. The topological polar surface area (TPSA) is 21.3 Å². The molecule has 0 fully saturated rings. The van der Waals surface area contributed by atoms with E-state index in [2.05, 4.69) is 24.4 Å². The summed E-state index contributed by atoms with van der Waals surface area (Å²) in [5.41, 5.74) is 3.24. The SMILES string of the molecule is CCNC(c1ccc(F)cc1)c1ccc(C)cc1OC. The van der Waals surface area contributed by atoms with Crippen molar-refractivity contribution in [1.82, 2.24) is 5.32 Å². The van der Waals surface area contributed by atoms with Gasteiger partial charge in [0.1, 0.15) is 11.6 Å². The Bertz CT molecular complexity index is 566. The van der Waals surface area contributed by atoms with Gasteiger partial charge in [-0.05, 0) is 42.8 Å². The first-order chi connectivity index (χ1) is 9.65. The van der Waals surface area contributed by atoms with E-state index in [1.807, 2.05) is 25.1 Å². The Labute approximate surface area is 119 Å². The molecule has 0 saturated heterocycles. The van der Waals surface area contributed by atoms with Crippen molar-refractivity contribution in [2.24, 2.45) is 0 Å². The minimum absolute atomic E-state index is 0.00356. The molecule has 3 heteroatoms. The lowest BCUT2D eigenvalue weighted by Crippen LogP contribution is -2.22. The standard InChI is InChI=1S/C17H20FNO/c1-4-19-17(13-6-8-14(18)9-7-13)15-10-5-12(2)11-16(15)20-3/h5-11,17,19H,4H2,1-3H3. The predicted molar refractivity (Wildman–Crippen MR) is 79.7 cm³/mol. The van der Waals surface area contributed by atoms with Crippen molar-refractivity contribution in [3.63, 3.8) is 0 Å². The zero-order valence-electron chi connectivity index (χ0n) is 12.1. The number of nitrogens with one attached hydrogen (secondary N) is 1. The lowest BCUT2D eigenvalue weighted by molar-refractivity contribution is 0.404. The van der Waals surface area contributed by atoms with Crippen LogP contribution < -0.4 is 10.1 Å². The molecule has 2 rings (SSSR count). The summed E-state index contributed by atoms with van der Waals surface area (Å²) >= 11 is 0. The molecule has 2 aromatic rings. The van der Waals surface area contributed by atoms with Gasteiger partial charge < -0.3 is 10.1 Å². The Morgan fingerprint density at radius 2 is 1.85 bits per heavy atom. The molecule has 0 spiro atoms. The molecule has 2 aromatic carbocycles. The maximum Gasteiger partial charge on any atom is 0.124 e. The van der Waals surface area contributed by atoms with E-state index in [0.717, 1.165) is 29.0 Å². The highest BCUT2D eigenvalue weighted by molar-refractivity contribution is 5.43. The molecule has 20 heavy (non-hydrogen) atoms. The molecule has 0 amide bonds. The monoisotopic (exact) mass is 273 g/mol. The molecule has 1 unspecified atom stereocenters. The fourth-order valence-corrected chi connectivity index (χ4v) is 2.32. The van der Waals surface area contributed by atoms with E-state index in [1.54, 1.807) is 7.11 Å². The number of hydrogen-bond donors (Lipinski definition) is 1. The largest absolute Gasteiger partial charge is 0.496 e. The maximum atomic E-state index is 13.1. The Morgan fingerprint density at radius 3 is 2.45 bits per heavy atom. The fraction of sp³-hybridized carbons (Fsp3) is 0.294. The van der Waals surface area contributed by atoms with Gasteiger partial charge in [0.25, 0.3) is 0 Å². The van der Waals surface area contributed by atoms with Crippen LogP contribution >= 0.6 is 0 Å². The molecule has 106 valence electrons. The molecule has 2 nitrogen and oxygen atoms in total. The van der Waals surface area contributed by atoms with E-state index >= 15 is 0 Å². The molecule has 1 N–H and O–H groups in total.